The minimum absolute atomic E-state index is 0.0373. The maximum Gasteiger partial charge on any atom is 0.251 e. The predicted octanol–water partition coefficient (Wildman–Crippen LogP) is 2.72. The Morgan fingerprint density at radius 3 is 2.78 bits per heavy atom. The number of hydrogen-bond donors (Lipinski definition) is 2. The highest BCUT2D eigenvalue weighted by Crippen LogP contribution is 2.17. The molecular weight excluding hydrogens is 299 g/mol. The van der Waals surface area contributed by atoms with E-state index in [-0.39, 0.29) is 35.0 Å². The first-order valence-corrected chi connectivity index (χ1v) is 7.93. The molecule has 0 radical (unpaired) electrons. The highest BCUT2D eigenvalue weighted by atomic mass is 19.1. The van der Waals surface area contributed by atoms with Crippen molar-refractivity contribution in [3.8, 4) is 0 Å². The van der Waals surface area contributed by atoms with Gasteiger partial charge in [-0.25, -0.2) is 4.39 Å². The third kappa shape index (κ3) is 5.32. The maximum atomic E-state index is 14.1. The Labute approximate surface area is 135 Å². The highest BCUT2D eigenvalue weighted by Gasteiger charge is 2.18. The van der Waals surface area contributed by atoms with Crippen LogP contribution in [0.1, 0.15) is 43.5 Å². The van der Waals surface area contributed by atoms with Gasteiger partial charge in [-0.15, -0.1) is 0 Å². The molecule has 1 aromatic carbocycles. The second kappa shape index (κ2) is 8.06. The van der Waals surface area contributed by atoms with Crippen LogP contribution in [0.5, 0.6) is 0 Å². The second-order valence-corrected chi connectivity index (χ2v) is 6.23. The summed E-state index contributed by atoms with van der Waals surface area (Å²) in [5, 5.41) is 5.35. The van der Waals surface area contributed by atoms with Crippen molar-refractivity contribution in [2.24, 2.45) is 5.92 Å². The topological polar surface area (TPSA) is 67.4 Å². The summed E-state index contributed by atoms with van der Waals surface area (Å²) in [4.78, 5) is 23.8. The SMILES string of the molecule is CC(C)CC(=O)Nc1ccc(C(=O)NC2CCCOC2)cc1F. The third-order valence-corrected chi connectivity index (χ3v) is 3.59. The number of hydrogen-bond acceptors (Lipinski definition) is 3. The van der Waals surface area contributed by atoms with E-state index in [1.165, 1.54) is 12.1 Å². The second-order valence-electron chi connectivity index (χ2n) is 6.23. The average molecular weight is 322 g/mol. The fourth-order valence-electron chi connectivity index (χ4n) is 2.45. The minimum Gasteiger partial charge on any atom is -0.379 e. The summed E-state index contributed by atoms with van der Waals surface area (Å²) in [5.74, 6) is -0.995. The summed E-state index contributed by atoms with van der Waals surface area (Å²) in [6, 6.07) is 4.03. The van der Waals surface area contributed by atoms with Gasteiger partial charge in [0.05, 0.1) is 18.3 Å². The molecule has 0 aromatic heterocycles. The van der Waals surface area contributed by atoms with Crippen LogP contribution in [0, 0.1) is 11.7 Å². The number of halogens is 1. The monoisotopic (exact) mass is 322 g/mol. The lowest BCUT2D eigenvalue weighted by Gasteiger charge is -2.23. The highest BCUT2D eigenvalue weighted by molar-refractivity contribution is 5.96. The Kier molecular flexibility index (Phi) is 6.10. The van der Waals surface area contributed by atoms with Gasteiger partial charge in [-0.2, -0.15) is 0 Å². The van der Waals surface area contributed by atoms with Crippen molar-refractivity contribution in [2.75, 3.05) is 18.5 Å². The van der Waals surface area contributed by atoms with Crippen molar-refractivity contribution < 1.29 is 18.7 Å². The van der Waals surface area contributed by atoms with Gasteiger partial charge in [-0.1, -0.05) is 13.8 Å². The fourth-order valence-corrected chi connectivity index (χ4v) is 2.45. The van der Waals surface area contributed by atoms with E-state index in [9.17, 15) is 14.0 Å². The van der Waals surface area contributed by atoms with Gasteiger partial charge in [-0.05, 0) is 37.0 Å². The molecule has 1 atom stereocenters. The van der Waals surface area contributed by atoms with Crippen molar-refractivity contribution in [3.63, 3.8) is 0 Å². The number of nitrogens with one attached hydrogen (secondary N) is 2. The average Bonchev–Trinajstić information content (AvgIpc) is 2.49. The van der Waals surface area contributed by atoms with Crippen LogP contribution in [-0.4, -0.2) is 31.1 Å². The zero-order valence-corrected chi connectivity index (χ0v) is 13.5. The van der Waals surface area contributed by atoms with Crippen molar-refractivity contribution in [2.45, 2.75) is 39.2 Å². The predicted molar refractivity (Wildman–Crippen MR) is 85.8 cm³/mol. The van der Waals surface area contributed by atoms with Crippen molar-refractivity contribution in [1.29, 1.82) is 0 Å². The van der Waals surface area contributed by atoms with Crippen LogP contribution in [0.2, 0.25) is 0 Å². The Hall–Kier alpha value is -1.95. The molecule has 0 saturated carbocycles. The smallest absolute Gasteiger partial charge is 0.251 e. The van der Waals surface area contributed by atoms with Gasteiger partial charge in [0, 0.05) is 18.6 Å². The van der Waals surface area contributed by atoms with Gasteiger partial charge >= 0.3 is 0 Å². The molecule has 2 rings (SSSR count). The molecule has 0 aliphatic carbocycles. The van der Waals surface area contributed by atoms with Crippen LogP contribution in [0.25, 0.3) is 0 Å². The fraction of sp³-hybridized carbons (Fsp3) is 0.529. The Balaban J connectivity index is 1.97. The van der Waals surface area contributed by atoms with Crippen molar-refractivity contribution in [1.82, 2.24) is 5.32 Å². The minimum atomic E-state index is -0.616. The lowest BCUT2D eigenvalue weighted by atomic mass is 10.1. The van der Waals surface area contributed by atoms with E-state index in [4.69, 9.17) is 4.74 Å². The first-order valence-electron chi connectivity index (χ1n) is 7.93. The summed E-state index contributed by atoms with van der Waals surface area (Å²) in [5.41, 5.74) is 0.322. The number of amides is 2. The zero-order chi connectivity index (χ0) is 16.8. The number of anilines is 1. The number of carbonyl (C=O) groups excluding carboxylic acids is 2. The van der Waals surface area contributed by atoms with E-state index >= 15 is 0 Å². The molecule has 1 saturated heterocycles. The molecule has 2 amide bonds. The summed E-state index contributed by atoms with van der Waals surface area (Å²) < 4.78 is 19.4. The molecule has 1 aromatic rings. The van der Waals surface area contributed by atoms with Crippen LogP contribution in [0.15, 0.2) is 18.2 Å². The maximum absolute atomic E-state index is 14.1. The summed E-state index contributed by atoms with van der Waals surface area (Å²) >= 11 is 0. The van der Waals surface area contributed by atoms with Gasteiger partial charge in [0.25, 0.3) is 5.91 Å². The first kappa shape index (κ1) is 17.4. The third-order valence-electron chi connectivity index (χ3n) is 3.59. The van der Waals surface area contributed by atoms with Crippen molar-refractivity contribution in [3.05, 3.63) is 29.6 Å². The van der Waals surface area contributed by atoms with Gasteiger partial charge in [0.15, 0.2) is 0 Å². The normalized spacial score (nSPS) is 17.8. The van der Waals surface area contributed by atoms with Crippen LogP contribution in [-0.2, 0) is 9.53 Å². The lowest BCUT2D eigenvalue weighted by Crippen LogP contribution is -2.40. The molecule has 2 N–H and O–H groups in total. The van der Waals surface area contributed by atoms with E-state index in [1.807, 2.05) is 13.8 Å². The quantitative estimate of drug-likeness (QED) is 0.876. The lowest BCUT2D eigenvalue weighted by molar-refractivity contribution is -0.116. The Morgan fingerprint density at radius 1 is 1.39 bits per heavy atom. The Morgan fingerprint density at radius 2 is 2.17 bits per heavy atom. The molecular formula is C17H23FN2O3. The summed E-state index contributed by atoms with van der Waals surface area (Å²) in [7, 11) is 0. The molecule has 5 nitrogen and oxygen atoms in total. The van der Waals surface area contributed by atoms with E-state index in [0.29, 0.717) is 19.6 Å². The number of benzene rings is 1. The van der Waals surface area contributed by atoms with Gasteiger partial charge in [0.1, 0.15) is 5.82 Å². The van der Waals surface area contributed by atoms with E-state index in [2.05, 4.69) is 10.6 Å². The molecule has 0 bridgehead atoms. The zero-order valence-electron chi connectivity index (χ0n) is 13.5. The molecule has 1 fully saturated rings. The van der Waals surface area contributed by atoms with E-state index in [0.717, 1.165) is 18.9 Å². The van der Waals surface area contributed by atoms with Crippen LogP contribution >= 0.6 is 0 Å². The molecule has 23 heavy (non-hydrogen) atoms. The van der Waals surface area contributed by atoms with Crippen LogP contribution in [0.4, 0.5) is 10.1 Å². The molecule has 126 valence electrons. The number of ether oxygens (including phenoxy) is 1. The molecule has 1 aliphatic heterocycles. The van der Waals surface area contributed by atoms with Crippen LogP contribution in [0.3, 0.4) is 0 Å². The molecule has 1 aliphatic rings. The Bertz CT molecular complexity index is 569. The first-order chi connectivity index (χ1) is 11.0. The molecule has 6 heteroatoms. The van der Waals surface area contributed by atoms with Gasteiger partial charge < -0.3 is 15.4 Å². The van der Waals surface area contributed by atoms with Gasteiger partial charge in [-0.3, -0.25) is 9.59 Å². The number of rotatable bonds is 5. The molecule has 1 unspecified atom stereocenters. The van der Waals surface area contributed by atoms with Gasteiger partial charge in [0.2, 0.25) is 5.91 Å². The van der Waals surface area contributed by atoms with E-state index in [1.54, 1.807) is 0 Å². The summed E-state index contributed by atoms with van der Waals surface area (Å²) in [6.45, 7) is 5.03. The summed E-state index contributed by atoms with van der Waals surface area (Å²) in [6.07, 6.45) is 2.08. The molecule has 1 heterocycles. The molecule has 0 spiro atoms. The van der Waals surface area contributed by atoms with E-state index < -0.39 is 5.82 Å². The standard InChI is InChI=1S/C17H23FN2O3/c1-11(2)8-16(21)20-15-6-5-12(9-14(15)18)17(22)19-13-4-3-7-23-10-13/h5-6,9,11,13H,3-4,7-8,10H2,1-2H3,(H,19,22)(H,20,21). The van der Waals surface area contributed by atoms with Crippen LogP contribution < -0.4 is 10.6 Å². The number of carbonyl (C=O) groups is 2. The largest absolute Gasteiger partial charge is 0.379 e. The van der Waals surface area contributed by atoms with Crippen molar-refractivity contribution >= 4 is 17.5 Å².